The van der Waals surface area contributed by atoms with Crippen LogP contribution >= 0.6 is 0 Å². The van der Waals surface area contributed by atoms with E-state index in [9.17, 15) is 4.79 Å². The monoisotopic (exact) mass is 659 g/mol. The Morgan fingerprint density at radius 2 is 1.43 bits per heavy atom. The molecule has 3 unspecified atom stereocenters. The van der Waals surface area contributed by atoms with Gasteiger partial charge in [-0.25, -0.2) is 19.3 Å². The van der Waals surface area contributed by atoms with E-state index in [-0.39, 0.29) is 24.8 Å². The Morgan fingerprint density at radius 3 is 2.04 bits per heavy atom. The highest BCUT2D eigenvalue weighted by molar-refractivity contribution is 6.06. The number of alkyl halides is 1. The Bertz CT molecular complexity index is 1980. The molecule has 1 fully saturated rings. The highest BCUT2D eigenvalue weighted by Gasteiger charge is 2.43. The van der Waals surface area contributed by atoms with E-state index in [0.29, 0.717) is 28.2 Å². The van der Waals surface area contributed by atoms with Crippen molar-refractivity contribution in [3.8, 4) is 11.5 Å². The van der Waals surface area contributed by atoms with Crippen LogP contribution in [-0.2, 0) is 15.1 Å². The molecule has 0 bridgehead atoms. The van der Waals surface area contributed by atoms with Crippen molar-refractivity contribution in [3.63, 3.8) is 0 Å². The third kappa shape index (κ3) is 6.21. The van der Waals surface area contributed by atoms with Gasteiger partial charge in [-0.3, -0.25) is 9.36 Å². The second-order valence-electron chi connectivity index (χ2n) is 11.6. The molecule has 10 nitrogen and oxygen atoms in total. The third-order valence-corrected chi connectivity index (χ3v) is 8.74. The number of nitrogens with one attached hydrogen (secondary N) is 1. The summed E-state index contributed by atoms with van der Waals surface area (Å²) in [5.74, 6) is 1.32. The average molecular weight is 660 g/mol. The number of fused-ring (bicyclic) bond motifs is 1. The molecule has 0 aliphatic carbocycles. The van der Waals surface area contributed by atoms with E-state index in [0.717, 1.165) is 16.7 Å². The minimum absolute atomic E-state index is 0.0542. The number of benzene rings is 4. The molecule has 49 heavy (non-hydrogen) atoms. The van der Waals surface area contributed by atoms with Gasteiger partial charge in [0.05, 0.1) is 27.2 Å². The number of methoxy groups -OCH3 is 2. The molecule has 0 radical (unpaired) electrons. The molecule has 1 N–H and O–H groups in total. The molecule has 4 aromatic carbocycles. The van der Waals surface area contributed by atoms with Crippen molar-refractivity contribution < 1.29 is 28.1 Å². The molecule has 248 valence electrons. The number of carbonyl (C=O) groups is 1. The van der Waals surface area contributed by atoms with Crippen molar-refractivity contribution >= 4 is 22.9 Å². The molecule has 11 heteroatoms. The van der Waals surface area contributed by atoms with Gasteiger partial charge in [0.1, 0.15) is 41.9 Å². The van der Waals surface area contributed by atoms with Crippen molar-refractivity contribution in [2.75, 3.05) is 26.1 Å². The molecule has 1 amide bonds. The standard InChI is InChI=1S/C38H34FN5O5/c1-46-29-17-13-27(14-18-29)38(26-11-7-4-8-12-26,28-15-19-30(47-2)20-16-28)48-22-32-31(39)21-33(49-32)44-24-42-34-35(40-23-41-36(34)44)43-37(45)25-9-5-3-6-10-25/h3-20,23-24,31-33H,21-22H2,1-2H3,(H,40,41,43,45). The zero-order valence-electron chi connectivity index (χ0n) is 26.9. The Morgan fingerprint density at radius 1 is 0.837 bits per heavy atom. The molecule has 0 spiro atoms. The molecule has 1 aliphatic heterocycles. The summed E-state index contributed by atoms with van der Waals surface area (Å²) >= 11 is 0. The van der Waals surface area contributed by atoms with Crippen molar-refractivity contribution in [2.45, 2.75) is 30.5 Å². The number of halogens is 1. The summed E-state index contributed by atoms with van der Waals surface area (Å²) in [5, 5.41) is 2.80. The average Bonchev–Trinajstić information content (AvgIpc) is 3.76. The summed E-state index contributed by atoms with van der Waals surface area (Å²) in [6, 6.07) is 33.9. The zero-order valence-corrected chi connectivity index (χ0v) is 26.9. The third-order valence-electron chi connectivity index (χ3n) is 8.74. The topological polar surface area (TPSA) is 110 Å². The predicted molar refractivity (Wildman–Crippen MR) is 181 cm³/mol. The quantitative estimate of drug-likeness (QED) is 0.153. The van der Waals surface area contributed by atoms with Crippen LogP contribution in [0.5, 0.6) is 11.5 Å². The van der Waals surface area contributed by atoms with Crippen LogP contribution in [-0.4, -0.2) is 58.5 Å². The fraction of sp³-hybridized carbons (Fsp3) is 0.211. The summed E-state index contributed by atoms with van der Waals surface area (Å²) in [6.07, 6.45) is -0.0431. The number of amides is 1. The molecule has 1 aliphatic rings. The van der Waals surface area contributed by atoms with Crippen LogP contribution in [0, 0.1) is 0 Å². The maximum Gasteiger partial charge on any atom is 0.256 e. The fourth-order valence-corrected chi connectivity index (χ4v) is 6.21. The first-order chi connectivity index (χ1) is 24.0. The second kappa shape index (κ2) is 13.8. The van der Waals surface area contributed by atoms with Crippen LogP contribution in [0.1, 0.15) is 39.7 Å². The van der Waals surface area contributed by atoms with Gasteiger partial charge in [-0.1, -0.05) is 72.8 Å². The first-order valence-electron chi connectivity index (χ1n) is 15.8. The zero-order chi connectivity index (χ0) is 33.8. The van der Waals surface area contributed by atoms with Gasteiger partial charge in [0.15, 0.2) is 17.0 Å². The number of hydrogen-bond donors (Lipinski definition) is 1. The van der Waals surface area contributed by atoms with E-state index in [4.69, 9.17) is 18.9 Å². The van der Waals surface area contributed by atoms with Crippen LogP contribution in [0.2, 0.25) is 0 Å². The minimum atomic E-state index is -1.35. The lowest BCUT2D eigenvalue weighted by Crippen LogP contribution is -2.37. The van der Waals surface area contributed by atoms with Gasteiger partial charge in [0.2, 0.25) is 0 Å². The van der Waals surface area contributed by atoms with Crippen LogP contribution < -0.4 is 14.8 Å². The maximum absolute atomic E-state index is 15.9. The van der Waals surface area contributed by atoms with Gasteiger partial charge in [0.25, 0.3) is 5.91 Å². The Labute approximate surface area is 282 Å². The van der Waals surface area contributed by atoms with Gasteiger partial charge in [0, 0.05) is 12.0 Å². The maximum atomic E-state index is 15.9. The first kappa shape index (κ1) is 31.9. The number of ether oxygens (including phenoxy) is 4. The van der Waals surface area contributed by atoms with E-state index < -0.39 is 24.1 Å². The number of carbonyl (C=O) groups excluding carboxylic acids is 1. The van der Waals surface area contributed by atoms with E-state index in [1.54, 1.807) is 43.1 Å². The fourth-order valence-electron chi connectivity index (χ4n) is 6.21. The Kier molecular flexibility index (Phi) is 9.01. The smallest absolute Gasteiger partial charge is 0.256 e. The number of aromatic nitrogens is 4. The number of rotatable bonds is 11. The van der Waals surface area contributed by atoms with Gasteiger partial charge >= 0.3 is 0 Å². The normalized spacial score (nSPS) is 17.6. The van der Waals surface area contributed by atoms with E-state index in [1.807, 2.05) is 84.9 Å². The lowest BCUT2D eigenvalue weighted by atomic mass is 9.80. The SMILES string of the molecule is COc1ccc(C(OCC2OC(n3cnc4c(NC(=O)c5ccccc5)ncnc43)CC2F)(c2ccccc2)c2ccc(OC)cc2)cc1. The molecule has 3 heterocycles. The summed E-state index contributed by atoms with van der Waals surface area (Å²) in [4.78, 5) is 25.9. The summed E-state index contributed by atoms with van der Waals surface area (Å²) < 4.78 is 41.7. The lowest BCUT2D eigenvalue weighted by Gasteiger charge is -2.37. The predicted octanol–water partition coefficient (Wildman–Crippen LogP) is 6.73. The Hall–Kier alpha value is -5.65. The van der Waals surface area contributed by atoms with E-state index in [1.165, 1.54) is 12.7 Å². The van der Waals surface area contributed by atoms with E-state index >= 15 is 4.39 Å². The van der Waals surface area contributed by atoms with Crippen LogP contribution in [0.3, 0.4) is 0 Å². The Balaban J connectivity index is 1.18. The minimum Gasteiger partial charge on any atom is -0.497 e. The molecular formula is C38H34FN5O5. The van der Waals surface area contributed by atoms with Gasteiger partial charge in [-0.05, 0) is 53.1 Å². The van der Waals surface area contributed by atoms with Gasteiger partial charge in [-0.15, -0.1) is 0 Å². The molecule has 2 aromatic heterocycles. The highest BCUT2D eigenvalue weighted by atomic mass is 19.1. The number of anilines is 1. The molecule has 1 saturated heterocycles. The van der Waals surface area contributed by atoms with Crippen molar-refractivity contribution in [3.05, 3.63) is 144 Å². The number of hydrogen-bond acceptors (Lipinski definition) is 8. The first-order valence-corrected chi connectivity index (χ1v) is 15.8. The van der Waals surface area contributed by atoms with Crippen LogP contribution in [0.15, 0.2) is 122 Å². The second-order valence-corrected chi connectivity index (χ2v) is 11.6. The lowest BCUT2D eigenvalue weighted by molar-refractivity contribution is -0.0853. The molecule has 7 rings (SSSR count). The summed E-state index contributed by atoms with van der Waals surface area (Å²) in [6.45, 7) is -0.0649. The van der Waals surface area contributed by atoms with Crippen molar-refractivity contribution in [1.82, 2.24) is 19.5 Å². The van der Waals surface area contributed by atoms with Crippen molar-refractivity contribution in [2.24, 2.45) is 0 Å². The molecule has 3 atom stereocenters. The van der Waals surface area contributed by atoms with Gasteiger partial charge < -0.3 is 24.3 Å². The van der Waals surface area contributed by atoms with Gasteiger partial charge in [-0.2, -0.15) is 0 Å². The summed E-state index contributed by atoms with van der Waals surface area (Å²) in [5.41, 5.74) is 2.65. The number of nitrogens with zero attached hydrogens (tertiary/aromatic N) is 4. The molecular weight excluding hydrogens is 625 g/mol. The van der Waals surface area contributed by atoms with Crippen molar-refractivity contribution in [1.29, 1.82) is 0 Å². The highest BCUT2D eigenvalue weighted by Crippen LogP contribution is 2.43. The molecule has 6 aromatic rings. The summed E-state index contributed by atoms with van der Waals surface area (Å²) in [7, 11) is 3.23. The van der Waals surface area contributed by atoms with Crippen LogP contribution in [0.25, 0.3) is 11.2 Å². The largest absolute Gasteiger partial charge is 0.497 e. The van der Waals surface area contributed by atoms with Crippen LogP contribution in [0.4, 0.5) is 10.2 Å². The molecule has 0 saturated carbocycles. The number of imidazole rings is 1. The van der Waals surface area contributed by atoms with E-state index in [2.05, 4.69) is 20.3 Å².